The molecular weight excluding hydrogens is 278 g/mol. The Hall–Kier alpha value is -2.08. The van der Waals surface area contributed by atoms with Gasteiger partial charge in [0.25, 0.3) is 0 Å². The highest BCUT2D eigenvalue weighted by Gasteiger charge is 2.32. The van der Waals surface area contributed by atoms with Crippen molar-refractivity contribution in [2.75, 3.05) is 6.54 Å². The fourth-order valence-corrected chi connectivity index (χ4v) is 3.18. The van der Waals surface area contributed by atoms with Gasteiger partial charge < -0.3 is 5.73 Å². The summed E-state index contributed by atoms with van der Waals surface area (Å²) in [5.74, 6) is 0.230. The van der Waals surface area contributed by atoms with Crippen LogP contribution < -0.4 is 0 Å². The van der Waals surface area contributed by atoms with Crippen LogP contribution in [0.4, 0.5) is 0 Å². The summed E-state index contributed by atoms with van der Waals surface area (Å²) in [4.78, 5) is 0. The molecule has 0 saturated carbocycles. The zero-order valence-corrected chi connectivity index (χ0v) is 14.1. The Labute approximate surface area is 140 Å². The molecule has 120 valence electrons. The topological polar surface area (TPSA) is 23.8 Å². The predicted octanol–water partition coefficient (Wildman–Crippen LogP) is 6.39. The van der Waals surface area contributed by atoms with E-state index >= 15 is 0 Å². The van der Waals surface area contributed by atoms with Gasteiger partial charge in [0.2, 0.25) is 0 Å². The van der Waals surface area contributed by atoms with Crippen molar-refractivity contribution in [3.8, 4) is 0 Å². The second kappa shape index (κ2) is 8.53. The molecule has 0 aromatic heterocycles. The van der Waals surface area contributed by atoms with Gasteiger partial charge in [0.05, 0.1) is 0 Å². The predicted molar refractivity (Wildman–Crippen MR) is 99.6 cm³/mol. The van der Waals surface area contributed by atoms with Gasteiger partial charge in [0, 0.05) is 11.3 Å². The Balaban J connectivity index is 2.56. The Bertz CT molecular complexity index is 599. The maximum atomic E-state index is 7.80. The minimum Gasteiger partial charge on any atom is -0.677 e. The third kappa shape index (κ3) is 4.45. The number of hydrogen-bond acceptors (Lipinski definition) is 0. The van der Waals surface area contributed by atoms with Crippen LogP contribution in [0.15, 0.2) is 78.5 Å². The lowest BCUT2D eigenvalue weighted by Gasteiger charge is -2.36. The van der Waals surface area contributed by atoms with Crippen LogP contribution in [0.5, 0.6) is 0 Å². The maximum Gasteiger partial charge on any atom is 0.0183 e. The van der Waals surface area contributed by atoms with Crippen molar-refractivity contribution in [2.24, 2.45) is 5.41 Å². The molecule has 0 radical (unpaired) electrons. The number of rotatable bonds is 7. The van der Waals surface area contributed by atoms with Crippen molar-refractivity contribution >= 4 is 0 Å². The number of hydrogen-bond donors (Lipinski definition) is 0. The van der Waals surface area contributed by atoms with E-state index in [0.717, 1.165) is 12.8 Å². The van der Waals surface area contributed by atoms with Crippen LogP contribution in [0.2, 0.25) is 0 Å². The van der Waals surface area contributed by atoms with Gasteiger partial charge in [-0.3, -0.25) is 0 Å². The maximum absolute atomic E-state index is 7.80. The molecule has 0 heterocycles. The fourth-order valence-electron chi connectivity index (χ4n) is 3.18. The van der Waals surface area contributed by atoms with Crippen LogP contribution in [-0.4, -0.2) is 6.54 Å². The normalized spacial score (nSPS) is 13.2. The first kappa shape index (κ1) is 17.3. The number of nitrogens with one attached hydrogen (secondary N) is 1. The van der Waals surface area contributed by atoms with Crippen LogP contribution in [-0.2, 0) is 0 Å². The molecule has 2 aromatic rings. The molecule has 1 N–H and O–H groups in total. The van der Waals surface area contributed by atoms with Crippen molar-refractivity contribution in [2.45, 2.75) is 32.6 Å². The van der Waals surface area contributed by atoms with Crippen LogP contribution in [0.1, 0.15) is 43.7 Å². The lowest BCUT2D eigenvalue weighted by atomic mass is 9.68. The molecule has 2 aromatic carbocycles. The summed E-state index contributed by atoms with van der Waals surface area (Å²) in [6, 6.07) is 21.3. The molecule has 1 unspecified atom stereocenters. The highest BCUT2D eigenvalue weighted by Crippen LogP contribution is 2.44. The monoisotopic (exact) mass is 304 g/mol. The second-order valence-corrected chi connectivity index (χ2v) is 6.18. The fraction of sp³-hybridized carbons (Fsp3) is 0.318. The number of benzene rings is 2. The van der Waals surface area contributed by atoms with Crippen molar-refractivity contribution in [3.63, 3.8) is 0 Å². The van der Waals surface area contributed by atoms with Crippen LogP contribution in [0.3, 0.4) is 0 Å². The van der Waals surface area contributed by atoms with E-state index in [2.05, 4.69) is 92.4 Å². The Morgan fingerprint density at radius 3 is 1.96 bits per heavy atom. The molecule has 0 aliphatic heterocycles. The van der Waals surface area contributed by atoms with Crippen molar-refractivity contribution < 1.29 is 0 Å². The van der Waals surface area contributed by atoms with E-state index in [1.165, 1.54) is 11.1 Å². The van der Waals surface area contributed by atoms with E-state index in [-0.39, 0.29) is 11.3 Å². The van der Waals surface area contributed by atoms with Crippen LogP contribution >= 0.6 is 0 Å². The summed E-state index contributed by atoms with van der Waals surface area (Å²) in [6.45, 7) is 4.79. The summed E-state index contributed by atoms with van der Waals surface area (Å²) in [5.41, 5.74) is 13.6. The average molecular weight is 304 g/mol. The molecule has 1 heteroatoms. The van der Waals surface area contributed by atoms with Gasteiger partial charge in [-0.15, -0.1) is 5.73 Å². The van der Waals surface area contributed by atoms with Gasteiger partial charge >= 0.3 is 0 Å². The molecule has 0 aliphatic carbocycles. The zero-order valence-electron chi connectivity index (χ0n) is 14.1. The first-order valence-corrected chi connectivity index (χ1v) is 8.38. The van der Waals surface area contributed by atoms with E-state index in [1.807, 2.05) is 0 Å². The lowest BCUT2D eigenvalue weighted by molar-refractivity contribution is 0.356. The lowest BCUT2D eigenvalue weighted by Crippen LogP contribution is -2.25. The second-order valence-electron chi connectivity index (χ2n) is 6.18. The molecule has 0 fully saturated rings. The molecule has 0 aliphatic rings. The van der Waals surface area contributed by atoms with Gasteiger partial charge in [-0.2, -0.15) is 6.54 Å². The van der Waals surface area contributed by atoms with Gasteiger partial charge in [-0.05, 0) is 29.7 Å². The largest absolute Gasteiger partial charge is 0.677 e. The van der Waals surface area contributed by atoms with Crippen molar-refractivity contribution in [1.82, 2.24) is 0 Å². The first-order valence-electron chi connectivity index (χ1n) is 8.38. The Morgan fingerprint density at radius 1 is 1.00 bits per heavy atom. The van der Waals surface area contributed by atoms with Crippen molar-refractivity contribution in [3.05, 3.63) is 95.4 Å². The van der Waals surface area contributed by atoms with E-state index in [9.17, 15) is 0 Å². The SMILES string of the molecule is CCC=C=CC(C)(CC[NH-])C(c1ccccc1)c1ccccc1. The van der Waals surface area contributed by atoms with Crippen LogP contribution in [0, 0.1) is 5.41 Å². The third-order valence-corrected chi connectivity index (χ3v) is 4.32. The zero-order chi connectivity index (χ0) is 16.5. The average Bonchev–Trinajstić information content (AvgIpc) is 2.57. The summed E-state index contributed by atoms with van der Waals surface area (Å²) in [5, 5.41) is 0. The molecule has 1 atom stereocenters. The number of allylic oxidation sites excluding steroid dienone is 1. The molecule has 0 spiro atoms. The highest BCUT2D eigenvalue weighted by atomic mass is 14.5. The molecule has 2 rings (SSSR count). The first-order chi connectivity index (χ1) is 11.2. The molecule has 0 bridgehead atoms. The van der Waals surface area contributed by atoms with E-state index in [1.54, 1.807) is 0 Å². The summed E-state index contributed by atoms with van der Waals surface area (Å²) < 4.78 is 0. The van der Waals surface area contributed by atoms with Crippen molar-refractivity contribution in [1.29, 1.82) is 0 Å². The van der Waals surface area contributed by atoms with E-state index in [4.69, 9.17) is 5.73 Å². The molecule has 0 saturated heterocycles. The van der Waals surface area contributed by atoms with Crippen LogP contribution in [0.25, 0.3) is 5.73 Å². The minimum atomic E-state index is -0.129. The molecule has 0 amide bonds. The Morgan fingerprint density at radius 2 is 1.52 bits per heavy atom. The smallest absolute Gasteiger partial charge is 0.0183 e. The van der Waals surface area contributed by atoms with Gasteiger partial charge in [0.1, 0.15) is 0 Å². The van der Waals surface area contributed by atoms with Gasteiger partial charge in [0.15, 0.2) is 0 Å². The summed E-state index contributed by atoms with van der Waals surface area (Å²) >= 11 is 0. The summed E-state index contributed by atoms with van der Waals surface area (Å²) in [7, 11) is 0. The Kier molecular flexibility index (Phi) is 6.40. The van der Waals surface area contributed by atoms with Gasteiger partial charge in [-0.25, -0.2) is 0 Å². The quantitative estimate of drug-likeness (QED) is 0.529. The molecule has 1 nitrogen and oxygen atoms in total. The van der Waals surface area contributed by atoms with E-state index < -0.39 is 0 Å². The standard InChI is InChI=1S/C22H26N/c1-3-4-11-16-22(2,17-18-23)21(19-12-7-5-8-13-19)20-14-9-6-10-15-20/h4-10,12-16,21,23H,3,17-18H2,1-2H3/q-1. The van der Waals surface area contributed by atoms with Gasteiger partial charge in [-0.1, -0.05) is 80.9 Å². The minimum absolute atomic E-state index is 0.129. The third-order valence-electron chi connectivity index (χ3n) is 4.32. The molecule has 23 heavy (non-hydrogen) atoms. The summed E-state index contributed by atoms with van der Waals surface area (Å²) in [6.07, 6.45) is 6.03. The highest BCUT2D eigenvalue weighted by molar-refractivity contribution is 5.36. The molecular formula is C22H26N-. The van der Waals surface area contributed by atoms with E-state index in [0.29, 0.717) is 6.54 Å².